The average molecular weight is 336 g/mol. The number of carboxylic acid groups (broad SMARTS) is 1. The number of anilines is 1. The molecule has 0 atom stereocenters. The summed E-state index contributed by atoms with van der Waals surface area (Å²) in [7, 11) is 1.64. The first kappa shape index (κ1) is 14.4. The van der Waals surface area contributed by atoms with Crippen LogP contribution in [0.1, 0.15) is 15.9 Å². The van der Waals surface area contributed by atoms with Crippen molar-refractivity contribution in [2.24, 2.45) is 0 Å². The largest absolute Gasteiger partial charge is 0.496 e. The van der Waals surface area contributed by atoms with Gasteiger partial charge in [0.25, 0.3) is 0 Å². The Morgan fingerprint density at radius 1 is 1.30 bits per heavy atom. The number of hydrogen-bond acceptors (Lipinski definition) is 3. The number of benzene rings is 2. The summed E-state index contributed by atoms with van der Waals surface area (Å²) in [6.45, 7) is 0.600. The Balaban J connectivity index is 2.11. The fourth-order valence-corrected chi connectivity index (χ4v) is 2.39. The van der Waals surface area contributed by atoms with E-state index in [0.29, 0.717) is 11.0 Å². The number of carboxylic acids is 1. The highest BCUT2D eigenvalue weighted by molar-refractivity contribution is 9.10. The van der Waals surface area contributed by atoms with Crippen LogP contribution in [-0.4, -0.2) is 18.2 Å². The number of ether oxygens (including phenoxy) is 1. The lowest BCUT2D eigenvalue weighted by molar-refractivity contribution is 0.0696. The maximum atomic E-state index is 10.9. The lowest BCUT2D eigenvalue weighted by atomic mass is 10.1. The molecule has 0 unspecified atom stereocenters. The second kappa shape index (κ2) is 6.43. The van der Waals surface area contributed by atoms with Crippen molar-refractivity contribution in [1.82, 2.24) is 0 Å². The van der Waals surface area contributed by atoms with Crippen molar-refractivity contribution < 1.29 is 14.6 Å². The van der Waals surface area contributed by atoms with Crippen molar-refractivity contribution in [1.29, 1.82) is 0 Å². The third-order valence-corrected chi connectivity index (χ3v) is 3.53. The number of para-hydroxylation sites is 1. The van der Waals surface area contributed by atoms with Crippen molar-refractivity contribution >= 4 is 27.6 Å². The SMILES string of the molecule is COc1ccccc1CNc1ccc(C(=O)O)c(Br)c1. The summed E-state index contributed by atoms with van der Waals surface area (Å²) in [5.74, 6) is -0.130. The summed E-state index contributed by atoms with van der Waals surface area (Å²) in [6.07, 6.45) is 0. The van der Waals surface area contributed by atoms with E-state index in [-0.39, 0.29) is 5.56 Å². The van der Waals surface area contributed by atoms with Gasteiger partial charge in [-0.05, 0) is 40.2 Å². The zero-order valence-corrected chi connectivity index (χ0v) is 12.5. The van der Waals surface area contributed by atoms with Crippen LogP contribution in [-0.2, 0) is 6.54 Å². The first-order chi connectivity index (χ1) is 9.61. The summed E-state index contributed by atoms with van der Waals surface area (Å²) >= 11 is 3.26. The highest BCUT2D eigenvalue weighted by Gasteiger charge is 2.08. The van der Waals surface area contributed by atoms with E-state index in [4.69, 9.17) is 9.84 Å². The number of nitrogens with one attached hydrogen (secondary N) is 1. The molecule has 0 saturated heterocycles. The molecule has 0 aliphatic rings. The number of carbonyl (C=O) groups is 1. The molecular weight excluding hydrogens is 322 g/mol. The number of methoxy groups -OCH3 is 1. The molecule has 5 heteroatoms. The minimum Gasteiger partial charge on any atom is -0.496 e. The van der Waals surface area contributed by atoms with Crippen LogP contribution in [0.2, 0.25) is 0 Å². The Labute approximate surface area is 125 Å². The smallest absolute Gasteiger partial charge is 0.336 e. The average Bonchev–Trinajstić information content (AvgIpc) is 2.45. The molecule has 0 saturated carbocycles. The van der Waals surface area contributed by atoms with Gasteiger partial charge in [-0.15, -0.1) is 0 Å². The summed E-state index contributed by atoms with van der Waals surface area (Å²) < 4.78 is 5.83. The second-order valence-electron chi connectivity index (χ2n) is 4.17. The molecule has 2 aromatic rings. The Bertz CT molecular complexity index is 628. The van der Waals surface area contributed by atoms with E-state index >= 15 is 0 Å². The fourth-order valence-electron chi connectivity index (χ4n) is 1.84. The highest BCUT2D eigenvalue weighted by Crippen LogP contribution is 2.23. The van der Waals surface area contributed by atoms with E-state index in [9.17, 15) is 4.79 Å². The highest BCUT2D eigenvalue weighted by atomic mass is 79.9. The van der Waals surface area contributed by atoms with Gasteiger partial charge in [0.1, 0.15) is 5.75 Å². The Morgan fingerprint density at radius 2 is 2.05 bits per heavy atom. The number of rotatable bonds is 5. The van der Waals surface area contributed by atoms with Crippen LogP contribution in [0, 0.1) is 0 Å². The normalized spacial score (nSPS) is 10.1. The predicted molar refractivity (Wildman–Crippen MR) is 81.4 cm³/mol. The van der Waals surface area contributed by atoms with E-state index in [1.165, 1.54) is 0 Å². The monoisotopic (exact) mass is 335 g/mol. The van der Waals surface area contributed by atoms with Crippen LogP contribution in [0.3, 0.4) is 0 Å². The standard InChI is InChI=1S/C15H14BrNO3/c1-20-14-5-3-2-4-10(14)9-17-11-6-7-12(15(18)19)13(16)8-11/h2-8,17H,9H2,1H3,(H,18,19). The van der Waals surface area contributed by atoms with Crippen LogP contribution >= 0.6 is 15.9 Å². The minimum absolute atomic E-state index is 0.243. The molecule has 104 valence electrons. The Kier molecular flexibility index (Phi) is 4.63. The van der Waals surface area contributed by atoms with E-state index in [1.54, 1.807) is 25.3 Å². The van der Waals surface area contributed by atoms with Crippen LogP contribution in [0.25, 0.3) is 0 Å². The van der Waals surface area contributed by atoms with Crippen molar-refractivity contribution in [3.8, 4) is 5.75 Å². The quantitative estimate of drug-likeness (QED) is 0.873. The van der Waals surface area contributed by atoms with Crippen molar-refractivity contribution in [3.63, 3.8) is 0 Å². The molecule has 0 amide bonds. The van der Waals surface area contributed by atoms with Gasteiger partial charge in [-0.25, -0.2) is 4.79 Å². The zero-order valence-electron chi connectivity index (χ0n) is 10.9. The lowest BCUT2D eigenvalue weighted by Gasteiger charge is -2.11. The van der Waals surface area contributed by atoms with Crippen molar-refractivity contribution in [3.05, 3.63) is 58.1 Å². The molecule has 2 N–H and O–H groups in total. The fraction of sp³-hybridized carbons (Fsp3) is 0.133. The van der Waals surface area contributed by atoms with Gasteiger partial charge in [-0.1, -0.05) is 18.2 Å². The van der Waals surface area contributed by atoms with Gasteiger partial charge < -0.3 is 15.2 Å². The van der Waals surface area contributed by atoms with E-state index in [0.717, 1.165) is 17.0 Å². The van der Waals surface area contributed by atoms with Gasteiger partial charge in [0.2, 0.25) is 0 Å². The first-order valence-corrected chi connectivity index (χ1v) is 6.79. The van der Waals surface area contributed by atoms with Gasteiger partial charge >= 0.3 is 5.97 Å². The molecule has 20 heavy (non-hydrogen) atoms. The summed E-state index contributed by atoms with van der Waals surface area (Å²) in [6, 6.07) is 12.8. The Hall–Kier alpha value is -2.01. The molecule has 0 radical (unpaired) electrons. The molecule has 0 fully saturated rings. The molecule has 2 aromatic carbocycles. The Morgan fingerprint density at radius 3 is 2.70 bits per heavy atom. The molecule has 4 nitrogen and oxygen atoms in total. The minimum atomic E-state index is -0.951. The maximum absolute atomic E-state index is 10.9. The molecular formula is C15H14BrNO3. The zero-order chi connectivity index (χ0) is 14.5. The van der Waals surface area contributed by atoms with Crippen LogP contribution in [0.5, 0.6) is 5.75 Å². The topological polar surface area (TPSA) is 58.6 Å². The lowest BCUT2D eigenvalue weighted by Crippen LogP contribution is -2.03. The third kappa shape index (κ3) is 3.30. The molecule has 0 spiro atoms. The van der Waals surface area contributed by atoms with Gasteiger partial charge in [0.15, 0.2) is 0 Å². The molecule has 0 aromatic heterocycles. The molecule has 0 aliphatic heterocycles. The van der Waals surface area contributed by atoms with Crippen LogP contribution in [0.4, 0.5) is 5.69 Å². The molecule has 0 aliphatic carbocycles. The third-order valence-electron chi connectivity index (χ3n) is 2.87. The van der Waals surface area contributed by atoms with E-state index < -0.39 is 5.97 Å². The summed E-state index contributed by atoms with van der Waals surface area (Å²) in [4.78, 5) is 10.9. The van der Waals surface area contributed by atoms with E-state index in [1.807, 2.05) is 24.3 Å². The van der Waals surface area contributed by atoms with Gasteiger partial charge in [0.05, 0.1) is 12.7 Å². The van der Waals surface area contributed by atoms with Crippen LogP contribution < -0.4 is 10.1 Å². The molecule has 2 rings (SSSR count). The molecule has 0 heterocycles. The second-order valence-corrected chi connectivity index (χ2v) is 5.02. The van der Waals surface area contributed by atoms with Gasteiger partial charge in [-0.2, -0.15) is 0 Å². The number of hydrogen-bond donors (Lipinski definition) is 2. The van der Waals surface area contributed by atoms with Crippen molar-refractivity contribution in [2.45, 2.75) is 6.54 Å². The van der Waals surface area contributed by atoms with Gasteiger partial charge in [-0.3, -0.25) is 0 Å². The van der Waals surface area contributed by atoms with E-state index in [2.05, 4.69) is 21.2 Å². The summed E-state index contributed by atoms with van der Waals surface area (Å²) in [5.41, 5.74) is 2.12. The molecule has 0 bridgehead atoms. The predicted octanol–water partition coefficient (Wildman–Crippen LogP) is 3.77. The number of aromatic carboxylic acids is 1. The maximum Gasteiger partial charge on any atom is 0.336 e. The van der Waals surface area contributed by atoms with Crippen molar-refractivity contribution in [2.75, 3.05) is 12.4 Å². The first-order valence-electron chi connectivity index (χ1n) is 6.00. The van der Waals surface area contributed by atoms with Crippen LogP contribution in [0.15, 0.2) is 46.9 Å². The number of halogens is 1. The van der Waals surface area contributed by atoms with Gasteiger partial charge in [0, 0.05) is 22.3 Å². The summed E-state index contributed by atoms with van der Waals surface area (Å²) in [5, 5.41) is 12.2.